The Kier molecular flexibility index (Phi) is 7.51. The number of hydrogen-bond donors (Lipinski definition) is 1. The molecule has 0 saturated carbocycles. The summed E-state index contributed by atoms with van der Waals surface area (Å²) in [5.41, 5.74) is 0. The lowest BCUT2D eigenvalue weighted by Crippen LogP contribution is -2.39. The predicted molar refractivity (Wildman–Crippen MR) is 55.5 cm³/mol. The minimum absolute atomic E-state index is 0.685. The molecule has 0 aromatic carbocycles. The van der Waals surface area contributed by atoms with Crippen LogP contribution in [0.4, 0.5) is 0 Å². The van der Waals surface area contributed by atoms with Gasteiger partial charge in [0.05, 0.1) is 0 Å². The SMILES string of the molecule is CCCC(CN(C)CC)NCC. The van der Waals surface area contributed by atoms with Gasteiger partial charge < -0.3 is 10.2 Å². The molecule has 12 heavy (non-hydrogen) atoms. The standard InChI is InChI=1S/C10H24N2/c1-5-8-10(11-6-2)9-12(4)7-3/h10-11H,5-9H2,1-4H3. The number of hydrogen-bond acceptors (Lipinski definition) is 2. The molecule has 0 heterocycles. The molecule has 0 bridgehead atoms. The van der Waals surface area contributed by atoms with E-state index in [0.717, 1.165) is 13.1 Å². The average Bonchev–Trinajstić information content (AvgIpc) is 2.05. The Labute approximate surface area is 77.3 Å². The van der Waals surface area contributed by atoms with Gasteiger partial charge in [0.2, 0.25) is 0 Å². The molecule has 0 aliphatic heterocycles. The number of nitrogens with one attached hydrogen (secondary N) is 1. The third-order valence-corrected chi connectivity index (χ3v) is 2.20. The lowest BCUT2D eigenvalue weighted by Gasteiger charge is -2.23. The van der Waals surface area contributed by atoms with Gasteiger partial charge in [-0.1, -0.05) is 27.2 Å². The van der Waals surface area contributed by atoms with Crippen molar-refractivity contribution in [1.82, 2.24) is 10.2 Å². The molecule has 1 atom stereocenters. The Hall–Kier alpha value is -0.0800. The van der Waals surface area contributed by atoms with Crippen molar-refractivity contribution in [1.29, 1.82) is 0 Å². The van der Waals surface area contributed by atoms with Crippen molar-refractivity contribution in [3.8, 4) is 0 Å². The molecule has 0 rings (SSSR count). The van der Waals surface area contributed by atoms with E-state index < -0.39 is 0 Å². The monoisotopic (exact) mass is 172 g/mol. The highest BCUT2D eigenvalue weighted by atomic mass is 15.1. The molecule has 1 N–H and O–H groups in total. The van der Waals surface area contributed by atoms with Gasteiger partial charge in [0.15, 0.2) is 0 Å². The number of likely N-dealkylation sites (N-methyl/N-ethyl adjacent to an activating group) is 2. The summed E-state index contributed by atoms with van der Waals surface area (Å²) in [6, 6.07) is 0.685. The van der Waals surface area contributed by atoms with Crippen LogP contribution in [0.1, 0.15) is 33.6 Å². The summed E-state index contributed by atoms with van der Waals surface area (Å²) >= 11 is 0. The molecule has 2 nitrogen and oxygen atoms in total. The highest BCUT2D eigenvalue weighted by Gasteiger charge is 2.07. The van der Waals surface area contributed by atoms with Gasteiger partial charge >= 0.3 is 0 Å². The van der Waals surface area contributed by atoms with Crippen LogP contribution in [0, 0.1) is 0 Å². The smallest absolute Gasteiger partial charge is 0.0194 e. The first-order chi connectivity index (χ1) is 5.74. The van der Waals surface area contributed by atoms with E-state index in [1.165, 1.54) is 19.4 Å². The van der Waals surface area contributed by atoms with Crippen LogP contribution < -0.4 is 5.32 Å². The van der Waals surface area contributed by atoms with Gasteiger partial charge in [-0.05, 0) is 26.6 Å². The zero-order chi connectivity index (χ0) is 9.40. The maximum absolute atomic E-state index is 3.51. The molecule has 0 aliphatic carbocycles. The molecular formula is C10H24N2. The van der Waals surface area contributed by atoms with Crippen LogP contribution in [-0.2, 0) is 0 Å². The van der Waals surface area contributed by atoms with Crippen LogP contribution in [0.25, 0.3) is 0 Å². The van der Waals surface area contributed by atoms with Gasteiger partial charge in [0.1, 0.15) is 0 Å². The fourth-order valence-electron chi connectivity index (χ4n) is 1.40. The summed E-state index contributed by atoms with van der Waals surface area (Å²) < 4.78 is 0. The van der Waals surface area contributed by atoms with Crippen molar-refractivity contribution >= 4 is 0 Å². The average molecular weight is 172 g/mol. The van der Waals surface area contributed by atoms with Crippen LogP contribution in [0.5, 0.6) is 0 Å². The highest BCUT2D eigenvalue weighted by molar-refractivity contribution is 4.68. The topological polar surface area (TPSA) is 15.3 Å². The summed E-state index contributed by atoms with van der Waals surface area (Å²) in [4.78, 5) is 2.36. The molecular weight excluding hydrogens is 148 g/mol. The van der Waals surface area contributed by atoms with E-state index in [-0.39, 0.29) is 0 Å². The van der Waals surface area contributed by atoms with E-state index in [2.05, 4.69) is 38.0 Å². The zero-order valence-electron chi connectivity index (χ0n) is 9.06. The lowest BCUT2D eigenvalue weighted by atomic mass is 10.1. The van der Waals surface area contributed by atoms with E-state index >= 15 is 0 Å². The fraction of sp³-hybridized carbons (Fsp3) is 1.00. The third kappa shape index (κ3) is 5.56. The predicted octanol–water partition coefficient (Wildman–Crippen LogP) is 1.72. The van der Waals surface area contributed by atoms with Crippen LogP contribution in [0.3, 0.4) is 0 Å². The maximum Gasteiger partial charge on any atom is 0.0194 e. The molecule has 0 fully saturated rings. The summed E-state index contributed by atoms with van der Waals surface area (Å²) in [6.07, 6.45) is 2.56. The second-order valence-corrected chi connectivity index (χ2v) is 3.40. The normalized spacial score (nSPS) is 13.8. The minimum atomic E-state index is 0.685. The van der Waals surface area contributed by atoms with Gasteiger partial charge in [-0.25, -0.2) is 0 Å². The van der Waals surface area contributed by atoms with Gasteiger partial charge in [-0.2, -0.15) is 0 Å². The summed E-state index contributed by atoms with van der Waals surface area (Å²) in [5, 5.41) is 3.51. The molecule has 0 amide bonds. The molecule has 0 aromatic heterocycles. The van der Waals surface area contributed by atoms with E-state index in [9.17, 15) is 0 Å². The summed E-state index contributed by atoms with van der Waals surface area (Å²) in [5.74, 6) is 0. The Morgan fingerprint density at radius 3 is 2.33 bits per heavy atom. The van der Waals surface area contributed by atoms with Crippen molar-refractivity contribution in [3.63, 3.8) is 0 Å². The lowest BCUT2D eigenvalue weighted by molar-refractivity contribution is 0.293. The molecule has 74 valence electrons. The Morgan fingerprint density at radius 2 is 1.92 bits per heavy atom. The van der Waals surface area contributed by atoms with Crippen LogP contribution in [0.2, 0.25) is 0 Å². The molecule has 0 radical (unpaired) electrons. The van der Waals surface area contributed by atoms with Crippen molar-refractivity contribution in [3.05, 3.63) is 0 Å². The number of nitrogens with zero attached hydrogens (tertiary/aromatic N) is 1. The quantitative estimate of drug-likeness (QED) is 0.629. The Morgan fingerprint density at radius 1 is 1.25 bits per heavy atom. The summed E-state index contributed by atoms with van der Waals surface area (Å²) in [6.45, 7) is 10.0. The summed E-state index contributed by atoms with van der Waals surface area (Å²) in [7, 11) is 2.18. The highest BCUT2D eigenvalue weighted by Crippen LogP contribution is 1.98. The van der Waals surface area contributed by atoms with Crippen molar-refractivity contribution in [2.24, 2.45) is 0 Å². The molecule has 0 spiro atoms. The first-order valence-electron chi connectivity index (χ1n) is 5.16. The van der Waals surface area contributed by atoms with E-state index in [1.807, 2.05) is 0 Å². The first-order valence-corrected chi connectivity index (χ1v) is 5.16. The van der Waals surface area contributed by atoms with Gasteiger partial charge in [0.25, 0.3) is 0 Å². The second kappa shape index (κ2) is 7.56. The second-order valence-electron chi connectivity index (χ2n) is 3.40. The van der Waals surface area contributed by atoms with E-state index in [1.54, 1.807) is 0 Å². The molecule has 0 saturated heterocycles. The fourth-order valence-corrected chi connectivity index (χ4v) is 1.40. The van der Waals surface area contributed by atoms with E-state index in [0.29, 0.717) is 6.04 Å². The zero-order valence-corrected chi connectivity index (χ0v) is 9.06. The maximum atomic E-state index is 3.51. The van der Waals surface area contributed by atoms with Gasteiger partial charge in [-0.3, -0.25) is 0 Å². The van der Waals surface area contributed by atoms with Crippen molar-refractivity contribution in [2.45, 2.75) is 39.7 Å². The Balaban J connectivity index is 3.61. The third-order valence-electron chi connectivity index (χ3n) is 2.20. The molecule has 1 unspecified atom stereocenters. The van der Waals surface area contributed by atoms with E-state index in [4.69, 9.17) is 0 Å². The molecule has 0 aromatic rings. The Bertz CT molecular complexity index is 87.8. The van der Waals surface area contributed by atoms with Crippen LogP contribution in [-0.4, -0.2) is 37.6 Å². The first kappa shape index (κ1) is 11.9. The number of rotatable bonds is 7. The van der Waals surface area contributed by atoms with Crippen molar-refractivity contribution < 1.29 is 0 Å². The van der Waals surface area contributed by atoms with Crippen molar-refractivity contribution in [2.75, 3.05) is 26.7 Å². The molecule has 0 aliphatic rings. The largest absolute Gasteiger partial charge is 0.313 e. The van der Waals surface area contributed by atoms with Crippen LogP contribution >= 0.6 is 0 Å². The van der Waals surface area contributed by atoms with Gasteiger partial charge in [0, 0.05) is 12.6 Å². The van der Waals surface area contributed by atoms with Crippen LogP contribution in [0.15, 0.2) is 0 Å². The molecule has 2 heteroatoms. The van der Waals surface area contributed by atoms with Gasteiger partial charge in [-0.15, -0.1) is 0 Å². The minimum Gasteiger partial charge on any atom is -0.313 e.